The van der Waals surface area contributed by atoms with Gasteiger partial charge in [-0.15, -0.1) is 0 Å². The van der Waals surface area contributed by atoms with Crippen LogP contribution in [0.3, 0.4) is 0 Å². The van der Waals surface area contributed by atoms with Gasteiger partial charge in [-0.25, -0.2) is 8.42 Å². The molecule has 0 fully saturated rings. The largest absolute Gasteiger partial charge is 0.388 e. The number of sulfonamides is 1. The molecule has 1 heterocycles. The molecule has 0 saturated heterocycles. The normalized spacial score (nSPS) is 15.5. The zero-order valence-electron chi connectivity index (χ0n) is 10.2. The van der Waals surface area contributed by atoms with E-state index in [4.69, 9.17) is 0 Å². The Hall–Kier alpha value is -1.23. The highest BCUT2D eigenvalue weighted by Gasteiger charge is 2.26. The summed E-state index contributed by atoms with van der Waals surface area (Å²) in [4.78, 5) is 0. The molecule has 0 unspecified atom stereocenters. The van der Waals surface area contributed by atoms with Crippen LogP contribution >= 0.6 is 0 Å². The van der Waals surface area contributed by atoms with Gasteiger partial charge in [-0.3, -0.25) is 4.31 Å². The van der Waals surface area contributed by atoms with Crippen molar-refractivity contribution >= 4 is 21.4 Å². The van der Waals surface area contributed by atoms with Crippen LogP contribution in [0.1, 0.15) is 18.9 Å². The molecule has 0 aromatic heterocycles. The molecule has 0 saturated carbocycles. The van der Waals surface area contributed by atoms with E-state index in [1.54, 1.807) is 11.2 Å². The molecule has 17 heavy (non-hydrogen) atoms. The van der Waals surface area contributed by atoms with Crippen molar-refractivity contribution in [2.75, 3.05) is 29.0 Å². The molecule has 4 nitrogen and oxygen atoms in total. The van der Waals surface area contributed by atoms with E-state index in [-0.39, 0.29) is 5.75 Å². The highest BCUT2D eigenvalue weighted by atomic mass is 32.2. The first kappa shape index (κ1) is 12.2. The number of nitrogens with zero attached hydrogens (tertiary/aromatic N) is 1. The fourth-order valence-electron chi connectivity index (χ4n) is 2.27. The maximum absolute atomic E-state index is 12.0. The van der Waals surface area contributed by atoms with E-state index in [1.165, 1.54) is 0 Å². The minimum Gasteiger partial charge on any atom is -0.388 e. The van der Waals surface area contributed by atoms with Crippen LogP contribution in [0.4, 0.5) is 11.4 Å². The van der Waals surface area contributed by atoms with Crippen molar-refractivity contribution in [3.63, 3.8) is 0 Å². The molecule has 1 aliphatic heterocycles. The molecule has 0 atom stereocenters. The monoisotopic (exact) mass is 254 g/mol. The number of nitrogens with one attached hydrogen (secondary N) is 1. The van der Waals surface area contributed by atoms with Crippen molar-refractivity contribution in [1.82, 2.24) is 0 Å². The standard InChI is InChI=1S/C12H18N2O2S/c1-3-17(15,16)14-9-5-6-10-11(13-2)7-4-8-12(10)14/h4,7-8,13H,3,5-6,9H2,1-2H3. The molecule has 94 valence electrons. The molecule has 0 aliphatic carbocycles. The smallest absolute Gasteiger partial charge is 0.234 e. The van der Waals surface area contributed by atoms with Gasteiger partial charge in [0, 0.05) is 19.3 Å². The van der Waals surface area contributed by atoms with Crippen LogP contribution < -0.4 is 9.62 Å². The van der Waals surface area contributed by atoms with Gasteiger partial charge in [-0.2, -0.15) is 0 Å². The SMILES string of the molecule is CCS(=O)(=O)N1CCCc2c(NC)cccc21. The Morgan fingerprint density at radius 3 is 2.82 bits per heavy atom. The zero-order valence-corrected chi connectivity index (χ0v) is 11.0. The van der Waals surface area contributed by atoms with Crippen LogP contribution in [-0.2, 0) is 16.4 Å². The lowest BCUT2D eigenvalue weighted by molar-refractivity contribution is 0.588. The van der Waals surface area contributed by atoms with E-state index in [2.05, 4.69) is 5.32 Å². The Kier molecular flexibility index (Phi) is 3.28. The first-order valence-corrected chi connectivity index (χ1v) is 7.51. The van der Waals surface area contributed by atoms with Crippen LogP contribution in [0.5, 0.6) is 0 Å². The van der Waals surface area contributed by atoms with Gasteiger partial charge < -0.3 is 5.32 Å². The van der Waals surface area contributed by atoms with E-state index in [0.717, 1.165) is 29.8 Å². The van der Waals surface area contributed by atoms with Gasteiger partial charge in [0.25, 0.3) is 0 Å². The van der Waals surface area contributed by atoms with Gasteiger partial charge in [-0.1, -0.05) is 6.07 Å². The molecule has 2 rings (SSSR count). The second-order valence-corrected chi connectivity index (χ2v) is 6.31. The quantitative estimate of drug-likeness (QED) is 0.895. The van der Waals surface area contributed by atoms with Crippen molar-refractivity contribution in [3.05, 3.63) is 23.8 Å². The Bertz CT molecular complexity index is 511. The molecule has 1 aromatic carbocycles. The molecule has 1 N–H and O–H groups in total. The third-order valence-corrected chi connectivity index (χ3v) is 4.96. The van der Waals surface area contributed by atoms with E-state index >= 15 is 0 Å². The van der Waals surface area contributed by atoms with E-state index in [9.17, 15) is 8.42 Å². The molecule has 1 aromatic rings. The molecule has 0 spiro atoms. The minimum atomic E-state index is -3.15. The molecule has 0 radical (unpaired) electrons. The Labute approximate surface area is 103 Å². The maximum atomic E-state index is 12.0. The van der Waals surface area contributed by atoms with Gasteiger partial charge in [0.05, 0.1) is 11.4 Å². The van der Waals surface area contributed by atoms with Crippen molar-refractivity contribution in [2.45, 2.75) is 19.8 Å². The number of rotatable bonds is 3. The first-order chi connectivity index (χ1) is 8.10. The molecule has 5 heteroatoms. The summed E-state index contributed by atoms with van der Waals surface area (Å²) in [6.45, 7) is 2.28. The highest BCUT2D eigenvalue weighted by molar-refractivity contribution is 7.92. The summed E-state index contributed by atoms with van der Waals surface area (Å²) in [5, 5.41) is 3.12. The average molecular weight is 254 g/mol. The summed E-state index contributed by atoms with van der Waals surface area (Å²) < 4.78 is 25.6. The predicted octanol–water partition coefficient (Wildman–Crippen LogP) is 1.83. The fourth-order valence-corrected chi connectivity index (χ4v) is 3.46. The van der Waals surface area contributed by atoms with Crippen LogP contribution in [0.25, 0.3) is 0 Å². The lowest BCUT2D eigenvalue weighted by atomic mass is 10.0. The summed E-state index contributed by atoms with van der Waals surface area (Å²) in [5.41, 5.74) is 2.97. The summed E-state index contributed by atoms with van der Waals surface area (Å²) >= 11 is 0. The van der Waals surface area contributed by atoms with E-state index in [1.807, 2.05) is 25.2 Å². The average Bonchev–Trinajstić information content (AvgIpc) is 2.37. The van der Waals surface area contributed by atoms with Crippen LogP contribution in [0, 0.1) is 0 Å². The molecule has 0 amide bonds. The van der Waals surface area contributed by atoms with Crippen LogP contribution in [-0.4, -0.2) is 27.8 Å². The second-order valence-electron chi connectivity index (χ2n) is 4.13. The van der Waals surface area contributed by atoms with Crippen molar-refractivity contribution in [1.29, 1.82) is 0 Å². The van der Waals surface area contributed by atoms with Gasteiger partial charge in [0.2, 0.25) is 10.0 Å². The highest BCUT2D eigenvalue weighted by Crippen LogP contribution is 2.34. The summed E-state index contributed by atoms with van der Waals surface area (Å²) in [6.07, 6.45) is 1.81. The number of benzene rings is 1. The van der Waals surface area contributed by atoms with Crippen LogP contribution in [0.15, 0.2) is 18.2 Å². The molecule has 0 bridgehead atoms. The lowest BCUT2D eigenvalue weighted by Gasteiger charge is -2.31. The third kappa shape index (κ3) is 2.11. The Morgan fingerprint density at radius 1 is 1.41 bits per heavy atom. The second kappa shape index (κ2) is 4.56. The zero-order chi connectivity index (χ0) is 12.5. The molecule has 1 aliphatic rings. The van der Waals surface area contributed by atoms with Gasteiger partial charge in [0.1, 0.15) is 0 Å². The Morgan fingerprint density at radius 2 is 2.18 bits per heavy atom. The number of anilines is 2. The predicted molar refractivity (Wildman–Crippen MR) is 71.1 cm³/mol. The van der Waals surface area contributed by atoms with Gasteiger partial charge in [-0.05, 0) is 37.5 Å². The molecular weight excluding hydrogens is 236 g/mol. The topological polar surface area (TPSA) is 49.4 Å². The van der Waals surface area contributed by atoms with Crippen molar-refractivity contribution in [2.24, 2.45) is 0 Å². The van der Waals surface area contributed by atoms with Crippen molar-refractivity contribution < 1.29 is 8.42 Å². The lowest BCUT2D eigenvalue weighted by Crippen LogP contribution is -2.36. The van der Waals surface area contributed by atoms with Gasteiger partial charge in [0.15, 0.2) is 0 Å². The van der Waals surface area contributed by atoms with Crippen molar-refractivity contribution in [3.8, 4) is 0 Å². The summed E-state index contributed by atoms with van der Waals surface area (Å²) in [7, 11) is -1.29. The maximum Gasteiger partial charge on any atom is 0.234 e. The van der Waals surface area contributed by atoms with Gasteiger partial charge >= 0.3 is 0 Å². The summed E-state index contributed by atoms with van der Waals surface area (Å²) in [5.74, 6) is 0.149. The number of fused-ring (bicyclic) bond motifs is 1. The number of hydrogen-bond acceptors (Lipinski definition) is 3. The van der Waals surface area contributed by atoms with E-state index in [0.29, 0.717) is 6.54 Å². The molecular formula is C12H18N2O2S. The van der Waals surface area contributed by atoms with Crippen LogP contribution in [0.2, 0.25) is 0 Å². The third-order valence-electron chi connectivity index (χ3n) is 3.18. The fraction of sp³-hybridized carbons (Fsp3) is 0.500. The van der Waals surface area contributed by atoms with E-state index < -0.39 is 10.0 Å². The number of hydrogen-bond donors (Lipinski definition) is 1. The minimum absolute atomic E-state index is 0.149. The first-order valence-electron chi connectivity index (χ1n) is 5.90. The summed E-state index contributed by atoms with van der Waals surface area (Å²) in [6, 6.07) is 5.78. The Balaban J connectivity index is 2.53.